The van der Waals surface area contributed by atoms with E-state index in [4.69, 9.17) is 4.74 Å². The molecule has 0 bridgehead atoms. The Kier molecular flexibility index (Phi) is 8.04. The van der Waals surface area contributed by atoms with Crippen molar-refractivity contribution in [3.8, 4) is 0 Å². The van der Waals surface area contributed by atoms with Gasteiger partial charge in [-0.3, -0.25) is 10.1 Å². The Labute approximate surface area is 187 Å². The van der Waals surface area contributed by atoms with E-state index in [-0.39, 0.29) is 18.1 Å². The highest BCUT2D eigenvalue weighted by Crippen LogP contribution is 2.38. The van der Waals surface area contributed by atoms with Gasteiger partial charge in [-0.15, -0.1) is 0 Å². The second-order valence-corrected chi connectivity index (χ2v) is 11.7. The van der Waals surface area contributed by atoms with Crippen molar-refractivity contribution in [2.24, 2.45) is 0 Å². The lowest BCUT2D eigenvalue weighted by Gasteiger charge is -2.42. The number of hydrogen-bond acceptors (Lipinski definition) is 6. The van der Waals surface area contributed by atoms with Gasteiger partial charge in [-0.1, -0.05) is 42.4 Å². The van der Waals surface area contributed by atoms with Crippen LogP contribution in [0.25, 0.3) is 0 Å². The van der Waals surface area contributed by atoms with Crippen molar-refractivity contribution in [2.45, 2.75) is 98.8 Å². The number of carbonyl (C=O) groups excluding carboxylic acids is 1. The van der Waals surface area contributed by atoms with Gasteiger partial charge >= 0.3 is 12.0 Å². The number of carbonyl (C=O) groups is 2. The average Bonchev–Trinajstić information content (AvgIpc) is 3.15. The number of nitrogens with one attached hydrogen (secondary N) is 1. The molecule has 1 aromatic heterocycles. The molecule has 2 saturated carbocycles. The zero-order valence-corrected chi connectivity index (χ0v) is 19.7. The Morgan fingerprint density at radius 2 is 1.80 bits per heavy atom. The number of carboxylic acids is 1. The summed E-state index contributed by atoms with van der Waals surface area (Å²) in [6.07, 6.45) is 11.6. The lowest BCUT2D eigenvalue weighted by molar-refractivity contribution is -0.138. The van der Waals surface area contributed by atoms with E-state index in [1.807, 2.05) is 0 Å². The van der Waals surface area contributed by atoms with Crippen molar-refractivity contribution in [1.82, 2.24) is 9.88 Å². The van der Waals surface area contributed by atoms with Crippen molar-refractivity contribution in [2.75, 3.05) is 12.4 Å². The number of rotatable bonds is 7. The van der Waals surface area contributed by atoms with E-state index < -0.39 is 10.7 Å². The monoisotopic (exact) mass is 455 g/mol. The van der Waals surface area contributed by atoms with Crippen LogP contribution in [-0.4, -0.2) is 57.0 Å². The van der Waals surface area contributed by atoms with Crippen LogP contribution in [0.15, 0.2) is 10.4 Å². The number of methoxy groups -OCH3 is 1. The van der Waals surface area contributed by atoms with Crippen LogP contribution in [0, 0.1) is 0 Å². The van der Waals surface area contributed by atoms with Crippen LogP contribution in [0.4, 0.5) is 9.93 Å². The third-order valence-electron chi connectivity index (χ3n) is 6.14. The first kappa shape index (κ1) is 23.3. The lowest BCUT2D eigenvalue weighted by atomic mass is 9.88. The highest BCUT2D eigenvalue weighted by atomic mass is 32.2. The number of urea groups is 1. The molecule has 9 heteroatoms. The maximum Gasteiger partial charge on any atom is 0.324 e. The molecular weight excluding hydrogens is 422 g/mol. The molecule has 0 spiro atoms. The van der Waals surface area contributed by atoms with E-state index >= 15 is 0 Å². The molecule has 2 aliphatic rings. The number of thiazole rings is 1. The molecule has 2 N–H and O–H groups in total. The second-order valence-electron chi connectivity index (χ2n) is 8.70. The number of carboxylic acid groups (broad SMARTS) is 1. The molecule has 30 heavy (non-hydrogen) atoms. The minimum absolute atomic E-state index is 0.0776. The fourth-order valence-corrected chi connectivity index (χ4v) is 6.63. The van der Waals surface area contributed by atoms with Gasteiger partial charge in [0, 0.05) is 19.2 Å². The molecule has 168 valence electrons. The zero-order valence-electron chi connectivity index (χ0n) is 18.1. The van der Waals surface area contributed by atoms with Crippen LogP contribution in [0.3, 0.4) is 0 Å². The molecule has 0 atom stereocenters. The topological polar surface area (TPSA) is 91.8 Å². The maximum atomic E-state index is 13.3. The van der Waals surface area contributed by atoms with Gasteiger partial charge < -0.3 is 14.7 Å². The number of aliphatic carboxylic acids is 1. The average molecular weight is 456 g/mol. The molecule has 0 saturated heterocycles. The standard InChI is InChI=1S/C21H33N3O4S2/c1-21(2,18(25)26)30-17-13-22-19(29-17)23-20(27)24(14-7-5-4-6-8-14)15-9-11-16(28-3)12-10-15/h13-16H,4-12H2,1-3H3,(H,25,26)(H,22,23,27). The van der Waals surface area contributed by atoms with Gasteiger partial charge in [-0.05, 0) is 52.4 Å². The summed E-state index contributed by atoms with van der Waals surface area (Å²) in [7, 11) is 1.76. The molecule has 2 fully saturated rings. The Balaban J connectivity index is 1.68. The molecule has 0 aliphatic heterocycles. The summed E-state index contributed by atoms with van der Waals surface area (Å²) in [6, 6.07) is 0.438. The molecule has 0 aromatic carbocycles. The summed E-state index contributed by atoms with van der Waals surface area (Å²) in [4.78, 5) is 31.1. The summed E-state index contributed by atoms with van der Waals surface area (Å²) in [5.74, 6) is -0.873. The predicted molar refractivity (Wildman–Crippen MR) is 120 cm³/mol. The van der Waals surface area contributed by atoms with E-state index in [0.29, 0.717) is 11.2 Å². The number of hydrogen-bond donors (Lipinski definition) is 2. The van der Waals surface area contributed by atoms with Crippen molar-refractivity contribution in [3.05, 3.63) is 6.20 Å². The Morgan fingerprint density at radius 1 is 1.17 bits per heavy atom. The van der Waals surface area contributed by atoms with Crippen LogP contribution in [-0.2, 0) is 9.53 Å². The largest absolute Gasteiger partial charge is 0.480 e. The first-order chi connectivity index (χ1) is 14.3. The van der Waals surface area contributed by atoms with Gasteiger partial charge in [0.1, 0.15) is 4.75 Å². The van der Waals surface area contributed by atoms with Crippen molar-refractivity contribution in [3.63, 3.8) is 0 Å². The Hall–Kier alpha value is -1.32. The van der Waals surface area contributed by atoms with Crippen molar-refractivity contribution < 1.29 is 19.4 Å². The number of nitrogens with zero attached hydrogens (tertiary/aromatic N) is 2. The van der Waals surface area contributed by atoms with Gasteiger partial charge in [0.15, 0.2) is 5.13 Å². The number of amides is 2. The molecule has 2 amide bonds. The quantitative estimate of drug-likeness (QED) is 0.548. The Morgan fingerprint density at radius 3 is 2.40 bits per heavy atom. The SMILES string of the molecule is COC1CCC(N(C(=O)Nc2ncc(SC(C)(C)C(=O)O)s2)C2CCCCC2)CC1. The van der Waals surface area contributed by atoms with E-state index in [1.54, 1.807) is 27.2 Å². The fourth-order valence-electron chi connectivity index (χ4n) is 4.36. The zero-order chi connectivity index (χ0) is 21.7. The summed E-state index contributed by atoms with van der Waals surface area (Å²) in [5, 5.41) is 12.9. The van der Waals surface area contributed by atoms with E-state index in [2.05, 4.69) is 15.2 Å². The van der Waals surface area contributed by atoms with Gasteiger partial charge in [0.2, 0.25) is 0 Å². The minimum Gasteiger partial charge on any atom is -0.480 e. The Bertz CT molecular complexity index is 726. The summed E-state index contributed by atoms with van der Waals surface area (Å²) < 4.78 is 5.35. The highest BCUT2D eigenvalue weighted by Gasteiger charge is 2.35. The second kappa shape index (κ2) is 10.3. The number of aromatic nitrogens is 1. The number of thioether (sulfide) groups is 1. The molecule has 0 radical (unpaired) electrons. The van der Waals surface area contributed by atoms with Gasteiger partial charge in [0.05, 0.1) is 16.5 Å². The predicted octanol–water partition coefficient (Wildman–Crippen LogP) is 5.22. The maximum absolute atomic E-state index is 13.3. The lowest BCUT2D eigenvalue weighted by Crippen LogP contribution is -2.51. The van der Waals surface area contributed by atoms with E-state index in [0.717, 1.165) is 42.7 Å². The van der Waals surface area contributed by atoms with Crippen LogP contribution in [0.2, 0.25) is 0 Å². The van der Waals surface area contributed by atoms with E-state index in [1.165, 1.54) is 42.4 Å². The highest BCUT2D eigenvalue weighted by molar-refractivity contribution is 8.03. The molecule has 7 nitrogen and oxygen atoms in total. The summed E-state index contributed by atoms with van der Waals surface area (Å²) >= 11 is 2.58. The van der Waals surface area contributed by atoms with Crippen LogP contribution < -0.4 is 5.32 Å². The molecule has 0 unspecified atom stereocenters. The van der Waals surface area contributed by atoms with Crippen molar-refractivity contribution in [1.29, 1.82) is 0 Å². The van der Waals surface area contributed by atoms with Crippen LogP contribution in [0.5, 0.6) is 0 Å². The molecule has 1 aromatic rings. The third-order valence-corrected chi connectivity index (χ3v) is 8.34. The van der Waals surface area contributed by atoms with Crippen LogP contribution >= 0.6 is 23.1 Å². The van der Waals surface area contributed by atoms with Gasteiger partial charge in [-0.2, -0.15) is 0 Å². The molecule has 1 heterocycles. The first-order valence-electron chi connectivity index (χ1n) is 10.8. The first-order valence-corrected chi connectivity index (χ1v) is 12.4. The smallest absolute Gasteiger partial charge is 0.324 e. The molecule has 2 aliphatic carbocycles. The minimum atomic E-state index is -0.943. The number of anilines is 1. The van der Waals surface area contributed by atoms with Gasteiger partial charge in [0.25, 0.3) is 0 Å². The molecular formula is C21H33N3O4S2. The summed E-state index contributed by atoms with van der Waals surface area (Å²) in [6.45, 7) is 3.33. The summed E-state index contributed by atoms with van der Waals surface area (Å²) in [5.41, 5.74) is 0. The number of ether oxygens (including phenoxy) is 1. The normalized spacial score (nSPS) is 23.2. The van der Waals surface area contributed by atoms with Crippen LogP contribution in [0.1, 0.15) is 71.6 Å². The van der Waals surface area contributed by atoms with Gasteiger partial charge in [-0.25, -0.2) is 9.78 Å². The van der Waals surface area contributed by atoms with Crippen molar-refractivity contribution >= 4 is 40.2 Å². The van der Waals surface area contributed by atoms with E-state index in [9.17, 15) is 14.7 Å². The molecule has 3 rings (SSSR count). The fraction of sp³-hybridized carbons (Fsp3) is 0.762. The third kappa shape index (κ3) is 5.88.